The first-order valence-electron chi connectivity index (χ1n) is 12.0. The Labute approximate surface area is 202 Å². The average Bonchev–Trinajstić information content (AvgIpc) is 3.25. The van der Waals surface area contributed by atoms with E-state index in [1.165, 1.54) is 16.0 Å². The maximum atomic E-state index is 13.5. The monoisotopic (exact) mass is 470 g/mol. The molecule has 1 aromatic heterocycles. The number of nitrogens with zero attached hydrogens (tertiary/aromatic N) is 2. The van der Waals surface area contributed by atoms with Crippen LogP contribution in [0.2, 0.25) is 0 Å². The molecule has 0 spiro atoms. The summed E-state index contributed by atoms with van der Waals surface area (Å²) in [7, 11) is 0. The van der Waals surface area contributed by atoms with Crippen molar-refractivity contribution < 1.29 is 14.3 Å². The van der Waals surface area contributed by atoms with Crippen LogP contribution in [-0.2, 0) is 16.0 Å². The van der Waals surface area contributed by atoms with Gasteiger partial charge in [-0.3, -0.25) is 9.59 Å². The first kappa shape index (κ1) is 25.3. The molecule has 2 aromatic rings. The number of carbonyl (C=O) groups excluding carboxylic acids is 2. The Bertz CT molecular complexity index is 933. The summed E-state index contributed by atoms with van der Waals surface area (Å²) in [6, 6.07) is 10.2. The van der Waals surface area contributed by atoms with Crippen LogP contribution < -0.4 is 4.74 Å². The third-order valence-corrected chi connectivity index (χ3v) is 7.08. The molecule has 0 bridgehead atoms. The van der Waals surface area contributed by atoms with Crippen LogP contribution in [0, 0.1) is 11.8 Å². The largest absolute Gasteiger partial charge is 0.491 e. The molecule has 2 amide bonds. The Kier molecular flexibility index (Phi) is 8.57. The molecule has 0 fully saturated rings. The van der Waals surface area contributed by atoms with Crippen LogP contribution in [0.1, 0.15) is 69.5 Å². The average molecular weight is 471 g/mol. The molecular formula is C27H38N2O3S. The van der Waals surface area contributed by atoms with Crippen LogP contribution in [0.5, 0.6) is 5.75 Å². The van der Waals surface area contributed by atoms with E-state index in [9.17, 15) is 9.59 Å². The van der Waals surface area contributed by atoms with E-state index in [0.29, 0.717) is 31.5 Å². The molecule has 1 aliphatic rings. The highest BCUT2D eigenvalue weighted by Crippen LogP contribution is 2.34. The first-order valence-corrected chi connectivity index (χ1v) is 12.9. The van der Waals surface area contributed by atoms with Crippen LogP contribution in [0.3, 0.4) is 0 Å². The van der Waals surface area contributed by atoms with Gasteiger partial charge >= 0.3 is 0 Å². The summed E-state index contributed by atoms with van der Waals surface area (Å²) in [6.07, 6.45) is 0.848. The predicted molar refractivity (Wildman–Crippen MR) is 135 cm³/mol. The summed E-state index contributed by atoms with van der Waals surface area (Å²) in [5.74, 6) is 1.48. The molecule has 180 valence electrons. The van der Waals surface area contributed by atoms with Gasteiger partial charge in [0.15, 0.2) is 0 Å². The lowest BCUT2D eigenvalue weighted by Crippen LogP contribution is -2.49. The molecule has 2 heterocycles. The Hall–Kier alpha value is -2.34. The third-order valence-electron chi connectivity index (χ3n) is 6.09. The molecule has 0 radical (unpaired) electrons. The van der Waals surface area contributed by atoms with Gasteiger partial charge in [0.05, 0.1) is 12.6 Å². The van der Waals surface area contributed by atoms with Gasteiger partial charge in [0.2, 0.25) is 11.8 Å². The smallest absolute Gasteiger partial charge is 0.242 e. The summed E-state index contributed by atoms with van der Waals surface area (Å²) >= 11 is 1.74. The van der Waals surface area contributed by atoms with Gasteiger partial charge in [-0.15, -0.1) is 11.3 Å². The zero-order valence-electron chi connectivity index (χ0n) is 20.8. The van der Waals surface area contributed by atoms with E-state index in [2.05, 4.69) is 51.3 Å². The summed E-state index contributed by atoms with van der Waals surface area (Å²) in [5, 5.41) is 2.09. The number of hydrogen-bond donors (Lipinski definition) is 0. The fourth-order valence-electron chi connectivity index (χ4n) is 4.29. The third kappa shape index (κ3) is 6.38. The van der Waals surface area contributed by atoms with E-state index >= 15 is 0 Å². The second-order valence-electron chi connectivity index (χ2n) is 9.95. The fourth-order valence-corrected chi connectivity index (χ4v) is 5.22. The zero-order valence-corrected chi connectivity index (χ0v) is 21.7. The van der Waals surface area contributed by atoms with Gasteiger partial charge in [-0.05, 0) is 53.0 Å². The molecule has 33 heavy (non-hydrogen) atoms. The minimum atomic E-state index is -0.146. The highest BCUT2D eigenvalue weighted by Gasteiger charge is 2.33. The summed E-state index contributed by atoms with van der Waals surface area (Å²) in [5.41, 5.74) is 2.45. The number of carbonyl (C=O) groups is 2. The van der Waals surface area contributed by atoms with Crippen LogP contribution in [0.4, 0.5) is 0 Å². The maximum Gasteiger partial charge on any atom is 0.242 e. The van der Waals surface area contributed by atoms with Gasteiger partial charge in [-0.2, -0.15) is 0 Å². The number of benzene rings is 1. The molecule has 0 aliphatic carbocycles. The van der Waals surface area contributed by atoms with Crippen molar-refractivity contribution in [2.24, 2.45) is 11.8 Å². The highest BCUT2D eigenvalue weighted by atomic mass is 32.1. The molecule has 1 aliphatic heterocycles. The first-order chi connectivity index (χ1) is 15.7. The van der Waals surface area contributed by atoms with Crippen molar-refractivity contribution in [3.63, 3.8) is 0 Å². The lowest BCUT2D eigenvalue weighted by Gasteiger charge is -2.37. The van der Waals surface area contributed by atoms with Gasteiger partial charge in [-0.25, -0.2) is 0 Å². The molecule has 6 heteroatoms. The normalized spacial score (nSPS) is 15.8. The van der Waals surface area contributed by atoms with Crippen molar-refractivity contribution in [2.75, 3.05) is 26.2 Å². The molecular weight excluding hydrogens is 432 g/mol. The Morgan fingerprint density at radius 3 is 2.39 bits per heavy atom. The van der Waals surface area contributed by atoms with Crippen molar-refractivity contribution in [1.29, 1.82) is 0 Å². The SMILES string of the molecule is CC(C)CN(CC(=O)N1CCc2sccc2C1COc1ccc(C(C)C)cc1)C(=O)C(C)C. The van der Waals surface area contributed by atoms with E-state index in [-0.39, 0.29) is 30.3 Å². The van der Waals surface area contributed by atoms with Gasteiger partial charge in [0.1, 0.15) is 12.4 Å². The number of rotatable bonds is 9. The van der Waals surface area contributed by atoms with Gasteiger partial charge < -0.3 is 14.5 Å². The van der Waals surface area contributed by atoms with E-state index in [1.807, 2.05) is 30.9 Å². The van der Waals surface area contributed by atoms with E-state index in [4.69, 9.17) is 4.74 Å². The second-order valence-corrected chi connectivity index (χ2v) is 11.0. The number of ether oxygens (including phenoxy) is 1. The second kappa shape index (κ2) is 11.2. The van der Waals surface area contributed by atoms with E-state index in [0.717, 1.165) is 12.2 Å². The lowest BCUT2D eigenvalue weighted by atomic mass is 10.00. The van der Waals surface area contributed by atoms with Crippen LogP contribution in [0.15, 0.2) is 35.7 Å². The number of fused-ring (bicyclic) bond motifs is 1. The Balaban J connectivity index is 1.76. The number of thiophene rings is 1. The molecule has 0 saturated heterocycles. The van der Waals surface area contributed by atoms with E-state index in [1.54, 1.807) is 16.2 Å². The zero-order chi connectivity index (χ0) is 24.1. The van der Waals surface area contributed by atoms with Gasteiger partial charge in [0.25, 0.3) is 0 Å². The molecule has 0 N–H and O–H groups in total. The lowest BCUT2D eigenvalue weighted by molar-refractivity contribution is -0.144. The Morgan fingerprint density at radius 1 is 1.09 bits per heavy atom. The van der Waals surface area contributed by atoms with Crippen LogP contribution in [-0.4, -0.2) is 47.9 Å². The maximum absolute atomic E-state index is 13.5. The Morgan fingerprint density at radius 2 is 1.79 bits per heavy atom. The molecule has 5 nitrogen and oxygen atoms in total. The summed E-state index contributed by atoms with van der Waals surface area (Å²) < 4.78 is 6.17. The van der Waals surface area contributed by atoms with Gasteiger partial charge in [0, 0.05) is 23.9 Å². The molecule has 1 atom stereocenters. The minimum absolute atomic E-state index is 0.00902. The van der Waals surface area contributed by atoms with Gasteiger partial charge in [-0.1, -0.05) is 53.7 Å². The standard InChI is InChI=1S/C27H38N2O3S/c1-18(2)15-28(27(31)20(5)6)16-26(30)29-13-11-25-23(12-14-33-25)24(29)17-32-22-9-7-21(8-10-22)19(3)4/h7-10,12,14,18-20,24H,11,13,15-17H2,1-6H3. The topological polar surface area (TPSA) is 49.9 Å². The molecule has 3 rings (SSSR count). The predicted octanol–water partition coefficient (Wildman–Crippen LogP) is 5.52. The van der Waals surface area contributed by atoms with Crippen molar-refractivity contribution in [3.8, 4) is 5.75 Å². The molecule has 1 unspecified atom stereocenters. The highest BCUT2D eigenvalue weighted by molar-refractivity contribution is 7.10. The summed E-state index contributed by atoms with van der Waals surface area (Å²) in [4.78, 5) is 31.2. The quantitative estimate of drug-likeness (QED) is 0.485. The van der Waals surface area contributed by atoms with Crippen LogP contribution in [0.25, 0.3) is 0 Å². The minimum Gasteiger partial charge on any atom is -0.491 e. The fraction of sp³-hybridized carbons (Fsp3) is 0.556. The van der Waals surface area contributed by atoms with E-state index < -0.39 is 0 Å². The number of hydrogen-bond acceptors (Lipinski definition) is 4. The molecule has 0 saturated carbocycles. The van der Waals surface area contributed by atoms with Crippen molar-refractivity contribution in [1.82, 2.24) is 9.80 Å². The number of amides is 2. The van der Waals surface area contributed by atoms with Crippen molar-refractivity contribution in [3.05, 3.63) is 51.7 Å². The van der Waals surface area contributed by atoms with Crippen molar-refractivity contribution in [2.45, 2.75) is 59.9 Å². The summed E-state index contributed by atoms with van der Waals surface area (Å²) in [6.45, 7) is 14.0. The van der Waals surface area contributed by atoms with Crippen molar-refractivity contribution >= 4 is 23.2 Å². The molecule has 1 aromatic carbocycles. The van der Waals surface area contributed by atoms with Crippen LogP contribution >= 0.6 is 11.3 Å².